The summed E-state index contributed by atoms with van der Waals surface area (Å²) < 4.78 is 1.01. The van der Waals surface area contributed by atoms with Crippen molar-refractivity contribution < 1.29 is 9.69 Å². The van der Waals surface area contributed by atoms with Crippen LogP contribution in [0.1, 0.15) is 16.8 Å². The summed E-state index contributed by atoms with van der Waals surface area (Å²) in [5.74, 6) is 0.221. The van der Waals surface area contributed by atoms with E-state index in [2.05, 4.69) is 30.0 Å². The van der Waals surface area contributed by atoms with E-state index in [1.807, 2.05) is 24.3 Å². The molecule has 0 saturated carbocycles. The molecule has 0 aliphatic rings. The fourth-order valence-electron chi connectivity index (χ4n) is 1.14. The minimum atomic E-state index is 0.221. The summed E-state index contributed by atoms with van der Waals surface area (Å²) >= 11 is 3.34. The van der Waals surface area contributed by atoms with Crippen molar-refractivity contribution in [2.75, 3.05) is 20.6 Å². The van der Waals surface area contributed by atoms with Gasteiger partial charge in [0.05, 0.1) is 27.1 Å². The first kappa shape index (κ1) is 11.4. The van der Waals surface area contributed by atoms with Crippen molar-refractivity contribution in [2.45, 2.75) is 6.42 Å². The fraction of sp³-hybridized carbons (Fsp3) is 0.364. The first-order chi connectivity index (χ1) is 6.59. The first-order valence-electron chi connectivity index (χ1n) is 4.67. The summed E-state index contributed by atoms with van der Waals surface area (Å²) in [5, 5.41) is 0. The Labute approximate surface area is 93.0 Å². The number of nitrogens with one attached hydrogen (secondary N) is 1. The van der Waals surface area contributed by atoms with Gasteiger partial charge in [-0.05, 0) is 12.1 Å². The van der Waals surface area contributed by atoms with E-state index in [4.69, 9.17) is 0 Å². The molecule has 0 aliphatic carbocycles. The highest BCUT2D eigenvalue weighted by atomic mass is 79.9. The van der Waals surface area contributed by atoms with Crippen molar-refractivity contribution in [3.8, 4) is 0 Å². The number of ketones is 1. The zero-order valence-corrected chi connectivity index (χ0v) is 10.1. The molecular weight excluding hydrogens is 242 g/mol. The Morgan fingerprint density at radius 1 is 1.29 bits per heavy atom. The highest BCUT2D eigenvalue weighted by Gasteiger charge is 2.06. The Kier molecular flexibility index (Phi) is 4.29. The quantitative estimate of drug-likeness (QED) is 0.803. The summed E-state index contributed by atoms with van der Waals surface area (Å²) in [6.45, 7) is 0.884. The average Bonchev–Trinajstić information content (AvgIpc) is 2.15. The number of benzene rings is 1. The first-order valence-corrected chi connectivity index (χ1v) is 5.46. The number of rotatable bonds is 4. The Hall–Kier alpha value is -0.670. The molecule has 1 aromatic rings. The number of carbonyl (C=O) groups excluding carboxylic acids is 1. The number of hydrogen-bond donors (Lipinski definition) is 1. The van der Waals surface area contributed by atoms with Crippen LogP contribution in [0.15, 0.2) is 28.7 Å². The molecule has 0 saturated heterocycles. The van der Waals surface area contributed by atoms with Gasteiger partial charge in [0.15, 0.2) is 5.78 Å². The van der Waals surface area contributed by atoms with Gasteiger partial charge in [-0.25, -0.2) is 0 Å². The topological polar surface area (TPSA) is 21.5 Å². The van der Waals surface area contributed by atoms with E-state index >= 15 is 0 Å². The number of Topliss-reactive ketones (excluding diaryl/α,β-unsaturated/α-hetero) is 1. The average molecular weight is 257 g/mol. The van der Waals surface area contributed by atoms with Gasteiger partial charge in [0.25, 0.3) is 0 Å². The summed E-state index contributed by atoms with van der Waals surface area (Å²) in [7, 11) is 4.10. The van der Waals surface area contributed by atoms with Crippen LogP contribution in [0.25, 0.3) is 0 Å². The molecule has 0 spiro atoms. The van der Waals surface area contributed by atoms with E-state index in [0.717, 1.165) is 16.6 Å². The van der Waals surface area contributed by atoms with Gasteiger partial charge in [0.1, 0.15) is 0 Å². The monoisotopic (exact) mass is 256 g/mol. The molecule has 1 N–H and O–H groups in total. The number of halogens is 1. The zero-order valence-electron chi connectivity index (χ0n) is 8.51. The molecular formula is C11H15BrNO+. The van der Waals surface area contributed by atoms with Gasteiger partial charge in [0.2, 0.25) is 0 Å². The van der Waals surface area contributed by atoms with Crippen LogP contribution in [-0.4, -0.2) is 26.4 Å². The van der Waals surface area contributed by atoms with Gasteiger partial charge in [-0.1, -0.05) is 28.1 Å². The third-order valence-corrected chi connectivity index (χ3v) is 2.55. The lowest BCUT2D eigenvalue weighted by atomic mass is 10.1. The summed E-state index contributed by atoms with van der Waals surface area (Å²) in [4.78, 5) is 12.9. The molecule has 0 bridgehead atoms. The van der Waals surface area contributed by atoms with E-state index in [1.54, 1.807) is 0 Å². The van der Waals surface area contributed by atoms with Crippen LogP contribution in [0.3, 0.4) is 0 Å². The molecule has 0 radical (unpaired) electrons. The van der Waals surface area contributed by atoms with Crippen LogP contribution in [0.5, 0.6) is 0 Å². The minimum absolute atomic E-state index is 0.221. The molecule has 0 heterocycles. The van der Waals surface area contributed by atoms with E-state index in [9.17, 15) is 4.79 Å². The predicted molar refractivity (Wildman–Crippen MR) is 60.8 cm³/mol. The van der Waals surface area contributed by atoms with Gasteiger partial charge in [-0.2, -0.15) is 0 Å². The maximum Gasteiger partial charge on any atom is 0.168 e. The van der Waals surface area contributed by atoms with Crippen LogP contribution >= 0.6 is 15.9 Å². The van der Waals surface area contributed by atoms with Crippen molar-refractivity contribution in [1.82, 2.24) is 0 Å². The molecule has 76 valence electrons. The number of quaternary nitrogens is 1. The van der Waals surface area contributed by atoms with Gasteiger partial charge >= 0.3 is 0 Å². The molecule has 0 aliphatic heterocycles. The molecule has 14 heavy (non-hydrogen) atoms. The Bertz CT molecular complexity index is 306. The molecule has 3 heteroatoms. The molecule has 0 amide bonds. The number of hydrogen-bond acceptors (Lipinski definition) is 1. The maximum atomic E-state index is 11.6. The van der Waals surface area contributed by atoms with Gasteiger partial charge in [-0.15, -0.1) is 0 Å². The van der Waals surface area contributed by atoms with Crippen LogP contribution in [0, 0.1) is 0 Å². The fourth-order valence-corrected chi connectivity index (χ4v) is 1.41. The predicted octanol–water partition coefficient (Wildman–Crippen LogP) is 1.17. The smallest absolute Gasteiger partial charge is 0.168 e. The standard InChI is InChI=1S/C11H14BrNO/c1-13(2)8-7-11(14)9-3-5-10(12)6-4-9/h3-6H,7-8H2,1-2H3/p+1. The van der Waals surface area contributed by atoms with E-state index in [0.29, 0.717) is 6.42 Å². The molecule has 0 fully saturated rings. The molecule has 0 aromatic heterocycles. The molecule has 0 atom stereocenters. The van der Waals surface area contributed by atoms with Crippen molar-refractivity contribution in [2.24, 2.45) is 0 Å². The lowest BCUT2D eigenvalue weighted by Gasteiger charge is -2.06. The largest absolute Gasteiger partial charge is 0.339 e. The van der Waals surface area contributed by atoms with Crippen molar-refractivity contribution in [3.63, 3.8) is 0 Å². The third kappa shape index (κ3) is 3.60. The second-order valence-electron chi connectivity index (χ2n) is 3.64. The van der Waals surface area contributed by atoms with Crippen LogP contribution in [0.4, 0.5) is 0 Å². The van der Waals surface area contributed by atoms with Crippen molar-refractivity contribution >= 4 is 21.7 Å². The van der Waals surface area contributed by atoms with E-state index in [1.165, 1.54) is 4.90 Å². The summed E-state index contributed by atoms with van der Waals surface area (Å²) in [6.07, 6.45) is 0.615. The second-order valence-corrected chi connectivity index (χ2v) is 4.55. The minimum Gasteiger partial charge on any atom is -0.339 e. The van der Waals surface area contributed by atoms with Crippen LogP contribution in [-0.2, 0) is 0 Å². The highest BCUT2D eigenvalue weighted by molar-refractivity contribution is 9.10. The SMILES string of the molecule is C[NH+](C)CCC(=O)c1ccc(Br)cc1. The van der Waals surface area contributed by atoms with E-state index in [-0.39, 0.29) is 5.78 Å². The Balaban J connectivity index is 2.57. The van der Waals surface area contributed by atoms with Crippen LogP contribution < -0.4 is 4.90 Å². The lowest BCUT2D eigenvalue weighted by Crippen LogP contribution is -3.05. The van der Waals surface area contributed by atoms with Crippen LogP contribution in [0.2, 0.25) is 0 Å². The zero-order chi connectivity index (χ0) is 10.6. The third-order valence-electron chi connectivity index (χ3n) is 2.02. The maximum absolute atomic E-state index is 11.6. The normalized spacial score (nSPS) is 10.6. The van der Waals surface area contributed by atoms with Gasteiger partial charge in [0, 0.05) is 10.0 Å². The molecule has 0 unspecified atom stereocenters. The van der Waals surface area contributed by atoms with Gasteiger partial charge in [-0.3, -0.25) is 4.79 Å². The summed E-state index contributed by atoms with van der Waals surface area (Å²) in [5.41, 5.74) is 0.800. The second kappa shape index (κ2) is 5.27. The lowest BCUT2D eigenvalue weighted by molar-refractivity contribution is -0.857. The van der Waals surface area contributed by atoms with Crippen molar-refractivity contribution in [3.05, 3.63) is 34.3 Å². The Morgan fingerprint density at radius 3 is 2.36 bits per heavy atom. The molecule has 1 rings (SSSR count). The Morgan fingerprint density at radius 2 is 1.86 bits per heavy atom. The highest BCUT2D eigenvalue weighted by Crippen LogP contribution is 2.11. The van der Waals surface area contributed by atoms with E-state index < -0.39 is 0 Å². The van der Waals surface area contributed by atoms with Crippen molar-refractivity contribution in [1.29, 1.82) is 0 Å². The molecule has 1 aromatic carbocycles. The number of carbonyl (C=O) groups is 1. The molecule has 2 nitrogen and oxygen atoms in total. The van der Waals surface area contributed by atoms with Gasteiger partial charge < -0.3 is 4.90 Å². The summed E-state index contributed by atoms with van der Waals surface area (Å²) in [6, 6.07) is 7.51.